The number of hydrogen-bond donors (Lipinski definition) is 0. The first kappa shape index (κ1) is 15.6. The van der Waals surface area contributed by atoms with Gasteiger partial charge in [0.1, 0.15) is 0 Å². The Morgan fingerprint density at radius 3 is 2.18 bits per heavy atom. The summed E-state index contributed by atoms with van der Waals surface area (Å²) >= 11 is 0. The maximum Gasteiger partial charge on any atom is 0.00182 e. The number of hydrogen-bond acceptors (Lipinski definition) is 0. The minimum atomic E-state index is 0.633. The molecule has 0 bridgehead atoms. The van der Waals surface area contributed by atoms with Crippen LogP contribution < -0.4 is 0 Å². The molecule has 0 aliphatic heterocycles. The molecule has 0 N–H and O–H groups in total. The Kier molecular flexibility index (Phi) is 5.18. The fraction of sp³-hybridized carbons (Fsp3) is 0.545. The molecule has 22 heavy (non-hydrogen) atoms. The highest BCUT2D eigenvalue weighted by molar-refractivity contribution is 5.50. The fourth-order valence-electron chi connectivity index (χ4n) is 3.82. The predicted octanol–water partition coefficient (Wildman–Crippen LogP) is 6.60. The molecule has 1 aromatic carbocycles. The second-order valence-electron chi connectivity index (χ2n) is 7.59. The molecule has 2 atom stereocenters. The van der Waals surface area contributed by atoms with E-state index in [0.717, 1.165) is 17.8 Å². The summed E-state index contributed by atoms with van der Waals surface area (Å²) in [6.45, 7) is 4.70. The van der Waals surface area contributed by atoms with Gasteiger partial charge in [-0.3, -0.25) is 0 Å². The highest BCUT2D eigenvalue weighted by atomic mass is 14.2. The zero-order valence-corrected chi connectivity index (χ0v) is 14.2. The topological polar surface area (TPSA) is 0 Å². The average Bonchev–Trinajstić information content (AvgIpc) is 2.56. The number of allylic oxidation sites excluding steroid dienone is 3. The standard InChI is InChI=1S/C22H30/c1-17-3-7-19(8-4-17)9-10-20-11-15-22(16-12-20)21-13-5-18(2)6-14-21/h5,9-13,15-19,21H,3-4,6-8,14H2,1-2H3/b10-9+. The van der Waals surface area contributed by atoms with Crippen LogP contribution in [-0.4, -0.2) is 0 Å². The van der Waals surface area contributed by atoms with Crippen LogP contribution in [-0.2, 0) is 0 Å². The molecule has 0 heterocycles. The van der Waals surface area contributed by atoms with Crippen LogP contribution in [0.4, 0.5) is 0 Å². The highest BCUT2D eigenvalue weighted by Gasteiger charge is 2.16. The molecule has 0 amide bonds. The lowest BCUT2D eigenvalue weighted by Gasteiger charge is -2.23. The Balaban J connectivity index is 1.58. The third-order valence-electron chi connectivity index (χ3n) is 5.59. The van der Waals surface area contributed by atoms with Crippen molar-refractivity contribution in [1.82, 2.24) is 0 Å². The van der Waals surface area contributed by atoms with Crippen LogP contribution in [0.15, 0.2) is 42.5 Å². The van der Waals surface area contributed by atoms with Crippen molar-refractivity contribution in [3.63, 3.8) is 0 Å². The van der Waals surface area contributed by atoms with Crippen molar-refractivity contribution in [3.05, 3.63) is 53.6 Å². The van der Waals surface area contributed by atoms with E-state index in [1.165, 1.54) is 49.7 Å². The Labute approximate surface area is 136 Å². The summed E-state index contributed by atoms with van der Waals surface area (Å²) in [6.07, 6.45) is 17.7. The van der Waals surface area contributed by atoms with E-state index in [9.17, 15) is 0 Å². The van der Waals surface area contributed by atoms with Gasteiger partial charge in [-0.15, -0.1) is 0 Å². The Bertz CT molecular complexity index is 511. The summed E-state index contributed by atoms with van der Waals surface area (Å²) in [5, 5.41) is 0. The first-order chi connectivity index (χ1) is 10.7. The van der Waals surface area contributed by atoms with Gasteiger partial charge >= 0.3 is 0 Å². The molecule has 0 spiro atoms. The number of benzene rings is 1. The van der Waals surface area contributed by atoms with Gasteiger partial charge in [0, 0.05) is 5.92 Å². The maximum absolute atomic E-state index is 2.45. The molecule has 0 nitrogen and oxygen atoms in total. The molecule has 1 aromatic rings. The van der Waals surface area contributed by atoms with Crippen LogP contribution in [0.5, 0.6) is 0 Å². The van der Waals surface area contributed by atoms with Gasteiger partial charge in [0.2, 0.25) is 0 Å². The zero-order valence-electron chi connectivity index (χ0n) is 14.2. The quantitative estimate of drug-likeness (QED) is 0.551. The number of rotatable bonds is 3. The molecular weight excluding hydrogens is 264 g/mol. The monoisotopic (exact) mass is 294 g/mol. The van der Waals surface area contributed by atoms with Gasteiger partial charge in [0.25, 0.3) is 0 Å². The Morgan fingerprint density at radius 2 is 1.55 bits per heavy atom. The van der Waals surface area contributed by atoms with Gasteiger partial charge in [-0.2, -0.15) is 0 Å². The smallest absolute Gasteiger partial charge is 0.00182 e. The van der Waals surface area contributed by atoms with Gasteiger partial charge in [-0.05, 0) is 54.6 Å². The molecule has 0 aromatic heterocycles. The van der Waals surface area contributed by atoms with E-state index in [1.54, 1.807) is 0 Å². The fourth-order valence-corrected chi connectivity index (χ4v) is 3.82. The van der Waals surface area contributed by atoms with E-state index in [0.29, 0.717) is 5.92 Å². The molecule has 0 saturated heterocycles. The Hall–Kier alpha value is -1.30. The van der Waals surface area contributed by atoms with Gasteiger partial charge in [0.05, 0.1) is 0 Å². The molecule has 2 unspecified atom stereocenters. The molecule has 1 saturated carbocycles. The van der Waals surface area contributed by atoms with Gasteiger partial charge in [-0.1, -0.05) is 75.3 Å². The molecule has 3 rings (SSSR count). The van der Waals surface area contributed by atoms with E-state index in [2.05, 4.69) is 62.4 Å². The van der Waals surface area contributed by atoms with Gasteiger partial charge < -0.3 is 0 Å². The minimum Gasteiger partial charge on any atom is -0.0851 e. The van der Waals surface area contributed by atoms with Crippen molar-refractivity contribution >= 4 is 6.08 Å². The molecule has 2 aliphatic carbocycles. The predicted molar refractivity (Wildman–Crippen MR) is 96.9 cm³/mol. The van der Waals surface area contributed by atoms with Crippen molar-refractivity contribution in [1.29, 1.82) is 0 Å². The second-order valence-corrected chi connectivity index (χ2v) is 7.59. The summed E-state index contributed by atoms with van der Waals surface area (Å²) in [5.74, 6) is 3.14. The SMILES string of the molecule is CC1C=CC(c2ccc(/C=C/C3CCC(C)CC3)cc2)CC1. The van der Waals surface area contributed by atoms with Gasteiger partial charge in [-0.25, -0.2) is 0 Å². The van der Waals surface area contributed by atoms with Crippen LogP contribution in [0.1, 0.15) is 69.4 Å². The van der Waals surface area contributed by atoms with Crippen LogP contribution in [0.2, 0.25) is 0 Å². The van der Waals surface area contributed by atoms with E-state index in [-0.39, 0.29) is 0 Å². The highest BCUT2D eigenvalue weighted by Crippen LogP contribution is 2.31. The van der Waals surface area contributed by atoms with Crippen LogP contribution in [0, 0.1) is 17.8 Å². The molecule has 0 heteroatoms. The van der Waals surface area contributed by atoms with Crippen LogP contribution >= 0.6 is 0 Å². The lowest BCUT2D eigenvalue weighted by Crippen LogP contribution is -2.09. The first-order valence-electron chi connectivity index (χ1n) is 9.17. The molecular formula is C22H30. The van der Waals surface area contributed by atoms with E-state index in [4.69, 9.17) is 0 Å². The summed E-state index contributed by atoms with van der Waals surface area (Å²) in [4.78, 5) is 0. The first-order valence-corrected chi connectivity index (χ1v) is 9.17. The molecule has 118 valence electrons. The van der Waals surface area contributed by atoms with Crippen LogP contribution in [0.25, 0.3) is 6.08 Å². The van der Waals surface area contributed by atoms with Crippen LogP contribution in [0.3, 0.4) is 0 Å². The lowest BCUT2D eigenvalue weighted by molar-refractivity contribution is 0.331. The summed E-state index contributed by atoms with van der Waals surface area (Å²) in [5.41, 5.74) is 2.84. The van der Waals surface area contributed by atoms with E-state index >= 15 is 0 Å². The van der Waals surface area contributed by atoms with Crippen molar-refractivity contribution in [3.8, 4) is 0 Å². The summed E-state index contributed by atoms with van der Waals surface area (Å²) in [6, 6.07) is 9.24. The van der Waals surface area contributed by atoms with Crippen molar-refractivity contribution < 1.29 is 0 Å². The van der Waals surface area contributed by atoms with Gasteiger partial charge in [0.15, 0.2) is 0 Å². The largest absolute Gasteiger partial charge is 0.0851 e. The van der Waals surface area contributed by atoms with E-state index < -0.39 is 0 Å². The molecule has 2 aliphatic rings. The summed E-state index contributed by atoms with van der Waals surface area (Å²) < 4.78 is 0. The van der Waals surface area contributed by atoms with Crippen molar-refractivity contribution in [2.24, 2.45) is 17.8 Å². The average molecular weight is 294 g/mol. The maximum atomic E-state index is 2.45. The van der Waals surface area contributed by atoms with E-state index in [1.807, 2.05) is 0 Å². The summed E-state index contributed by atoms with van der Waals surface area (Å²) in [7, 11) is 0. The zero-order chi connectivity index (χ0) is 15.4. The normalized spacial score (nSPS) is 32.5. The third kappa shape index (κ3) is 4.12. The minimum absolute atomic E-state index is 0.633. The Morgan fingerprint density at radius 1 is 0.818 bits per heavy atom. The molecule has 1 fully saturated rings. The third-order valence-corrected chi connectivity index (χ3v) is 5.59. The molecule has 0 radical (unpaired) electrons. The lowest BCUT2D eigenvalue weighted by atomic mass is 9.82. The van der Waals surface area contributed by atoms with Crippen molar-refractivity contribution in [2.75, 3.05) is 0 Å². The van der Waals surface area contributed by atoms with Crippen molar-refractivity contribution in [2.45, 2.75) is 58.3 Å². The second kappa shape index (κ2) is 7.31.